The first kappa shape index (κ1) is 16.1. The van der Waals surface area contributed by atoms with Crippen LogP contribution < -0.4 is 11.3 Å². The van der Waals surface area contributed by atoms with Crippen molar-refractivity contribution in [1.29, 1.82) is 0 Å². The second kappa shape index (κ2) is 7.16. The smallest absolute Gasteiger partial charge is 0.123 e. The highest BCUT2D eigenvalue weighted by Gasteiger charge is 2.12. The van der Waals surface area contributed by atoms with Gasteiger partial charge in [0.2, 0.25) is 0 Å². The van der Waals surface area contributed by atoms with Crippen molar-refractivity contribution in [1.82, 2.24) is 5.43 Å². The maximum atomic E-state index is 13.4. The molecule has 4 heteroatoms. The van der Waals surface area contributed by atoms with E-state index in [0.29, 0.717) is 6.42 Å². The molecule has 0 heterocycles. The van der Waals surface area contributed by atoms with Crippen molar-refractivity contribution in [3.63, 3.8) is 0 Å². The average Bonchev–Trinajstić information content (AvgIpc) is 2.46. The van der Waals surface area contributed by atoms with Crippen molar-refractivity contribution in [3.8, 4) is 0 Å². The molecule has 0 fully saturated rings. The summed E-state index contributed by atoms with van der Waals surface area (Å²) in [5, 5.41) is 0. The van der Waals surface area contributed by atoms with Crippen LogP contribution in [0.5, 0.6) is 0 Å². The van der Waals surface area contributed by atoms with Crippen molar-refractivity contribution in [2.45, 2.75) is 32.7 Å². The number of halogens is 2. The van der Waals surface area contributed by atoms with Gasteiger partial charge in [0.1, 0.15) is 5.82 Å². The summed E-state index contributed by atoms with van der Waals surface area (Å²) >= 11 is 3.46. The predicted octanol–water partition coefficient (Wildman–Crippen LogP) is 3.82. The molecular weight excluding hydrogens is 331 g/mol. The average molecular weight is 351 g/mol. The molecule has 0 radical (unpaired) electrons. The maximum Gasteiger partial charge on any atom is 0.123 e. The lowest BCUT2D eigenvalue weighted by molar-refractivity contribution is 0.519. The lowest BCUT2D eigenvalue weighted by atomic mass is 9.97. The first-order valence-corrected chi connectivity index (χ1v) is 7.75. The molecule has 0 aliphatic rings. The highest BCUT2D eigenvalue weighted by molar-refractivity contribution is 9.10. The Bertz CT molecular complexity index is 628. The van der Waals surface area contributed by atoms with Crippen LogP contribution in [-0.2, 0) is 12.8 Å². The lowest BCUT2D eigenvalue weighted by Crippen LogP contribution is -2.38. The van der Waals surface area contributed by atoms with Crippen molar-refractivity contribution < 1.29 is 4.39 Å². The number of benzene rings is 2. The second-order valence-electron chi connectivity index (χ2n) is 5.43. The Kier molecular flexibility index (Phi) is 5.51. The van der Waals surface area contributed by atoms with Crippen LogP contribution in [0.25, 0.3) is 0 Å². The van der Waals surface area contributed by atoms with Crippen molar-refractivity contribution in [3.05, 3.63) is 68.9 Å². The molecule has 0 amide bonds. The van der Waals surface area contributed by atoms with E-state index >= 15 is 0 Å². The summed E-state index contributed by atoms with van der Waals surface area (Å²) in [5.74, 6) is 5.44. The van der Waals surface area contributed by atoms with E-state index in [2.05, 4.69) is 53.4 Å². The Morgan fingerprint density at radius 3 is 2.52 bits per heavy atom. The predicted molar refractivity (Wildman–Crippen MR) is 88.5 cm³/mol. The standard InChI is InChI=1S/C17H20BrFN2/c1-11-3-4-13(7-12(11)2)8-16(21-20)10-14-9-15(19)5-6-17(14)18/h3-7,9,16,21H,8,10,20H2,1-2H3. The molecule has 112 valence electrons. The van der Waals surface area contributed by atoms with E-state index in [1.54, 1.807) is 12.1 Å². The normalized spacial score (nSPS) is 12.4. The van der Waals surface area contributed by atoms with Gasteiger partial charge in [-0.05, 0) is 67.1 Å². The second-order valence-corrected chi connectivity index (χ2v) is 6.28. The quantitative estimate of drug-likeness (QED) is 0.635. The summed E-state index contributed by atoms with van der Waals surface area (Å²) in [5.41, 5.74) is 7.54. The zero-order chi connectivity index (χ0) is 15.4. The van der Waals surface area contributed by atoms with Gasteiger partial charge < -0.3 is 0 Å². The molecule has 0 spiro atoms. The van der Waals surface area contributed by atoms with E-state index in [9.17, 15) is 4.39 Å². The van der Waals surface area contributed by atoms with Crippen molar-refractivity contribution >= 4 is 15.9 Å². The molecular formula is C17H20BrFN2. The SMILES string of the molecule is Cc1ccc(CC(Cc2cc(F)ccc2Br)NN)cc1C. The Hall–Kier alpha value is -1.23. The van der Waals surface area contributed by atoms with Crippen LogP contribution >= 0.6 is 15.9 Å². The summed E-state index contributed by atoms with van der Waals surface area (Å²) in [6, 6.07) is 11.2. The van der Waals surface area contributed by atoms with Gasteiger partial charge in [0.25, 0.3) is 0 Å². The number of hydrogen-bond donors (Lipinski definition) is 2. The number of nitrogens with one attached hydrogen (secondary N) is 1. The number of aryl methyl sites for hydroxylation is 2. The highest BCUT2D eigenvalue weighted by atomic mass is 79.9. The van der Waals surface area contributed by atoms with Gasteiger partial charge in [0.05, 0.1) is 0 Å². The number of rotatable bonds is 5. The van der Waals surface area contributed by atoms with Crippen molar-refractivity contribution in [2.75, 3.05) is 0 Å². The third kappa shape index (κ3) is 4.37. The number of hydrazine groups is 1. The molecule has 1 unspecified atom stereocenters. The van der Waals surface area contributed by atoms with Crippen LogP contribution in [0.1, 0.15) is 22.3 Å². The van der Waals surface area contributed by atoms with Crippen LogP contribution in [0, 0.1) is 19.7 Å². The molecule has 0 saturated carbocycles. The van der Waals surface area contributed by atoms with Crippen LogP contribution in [0.2, 0.25) is 0 Å². The minimum absolute atomic E-state index is 0.0604. The summed E-state index contributed by atoms with van der Waals surface area (Å²) in [4.78, 5) is 0. The minimum atomic E-state index is -0.227. The molecule has 2 aromatic carbocycles. The van der Waals surface area contributed by atoms with E-state index in [1.807, 2.05) is 0 Å². The van der Waals surface area contributed by atoms with Gasteiger partial charge in [-0.1, -0.05) is 34.1 Å². The van der Waals surface area contributed by atoms with E-state index in [-0.39, 0.29) is 11.9 Å². The Morgan fingerprint density at radius 1 is 1.10 bits per heavy atom. The van der Waals surface area contributed by atoms with Gasteiger partial charge >= 0.3 is 0 Å². The summed E-state index contributed by atoms with van der Waals surface area (Å²) < 4.78 is 14.3. The fourth-order valence-electron chi connectivity index (χ4n) is 2.37. The molecule has 2 aromatic rings. The fraction of sp³-hybridized carbons (Fsp3) is 0.294. The van der Waals surface area contributed by atoms with E-state index < -0.39 is 0 Å². The largest absolute Gasteiger partial charge is 0.271 e. The maximum absolute atomic E-state index is 13.4. The van der Waals surface area contributed by atoms with Gasteiger partial charge in [0.15, 0.2) is 0 Å². The molecule has 2 rings (SSSR count). The Morgan fingerprint density at radius 2 is 1.86 bits per heavy atom. The molecule has 0 saturated heterocycles. The van der Waals surface area contributed by atoms with Gasteiger partial charge in [-0.2, -0.15) is 0 Å². The van der Waals surface area contributed by atoms with Gasteiger partial charge in [-0.15, -0.1) is 0 Å². The number of hydrogen-bond acceptors (Lipinski definition) is 2. The third-order valence-corrected chi connectivity index (χ3v) is 4.54. The summed E-state index contributed by atoms with van der Waals surface area (Å²) in [7, 11) is 0. The molecule has 2 nitrogen and oxygen atoms in total. The molecule has 0 bridgehead atoms. The van der Waals surface area contributed by atoms with Crippen molar-refractivity contribution in [2.24, 2.45) is 5.84 Å². The first-order valence-electron chi connectivity index (χ1n) is 6.95. The van der Waals surface area contributed by atoms with E-state index in [0.717, 1.165) is 16.5 Å². The van der Waals surface area contributed by atoms with E-state index in [1.165, 1.54) is 22.8 Å². The third-order valence-electron chi connectivity index (χ3n) is 3.76. The molecule has 1 atom stereocenters. The van der Waals surface area contributed by atoms with Gasteiger partial charge in [0, 0.05) is 10.5 Å². The summed E-state index contributed by atoms with van der Waals surface area (Å²) in [6.45, 7) is 4.20. The van der Waals surface area contributed by atoms with Crippen LogP contribution in [-0.4, -0.2) is 6.04 Å². The van der Waals surface area contributed by atoms with E-state index in [4.69, 9.17) is 5.84 Å². The first-order chi connectivity index (χ1) is 9.99. The fourth-order valence-corrected chi connectivity index (χ4v) is 2.78. The lowest BCUT2D eigenvalue weighted by Gasteiger charge is -2.17. The molecule has 0 aromatic heterocycles. The zero-order valence-corrected chi connectivity index (χ0v) is 13.9. The molecule has 0 aliphatic carbocycles. The summed E-state index contributed by atoms with van der Waals surface area (Å²) in [6.07, 6.45) is 1.47. The molecule has 0 aliphatic heterocycles. The minimum Gasteiger partial charge on any atom is -0.271 e. The van der Waals surface area contributed by atoms with Crippen LogP contribution in [0.4, 0.5) is 4.39 Å². The zero-order valence-electron chi connectivity index (χ0n) is 12.3. The highest BCUT2D eigenvalue weighted by Crippen LogP contribution is 2.20. The Labute approximate surface area is 133 Å². The number of nitrogens with two attached hydrogens (primary N) is 1. The van der Waals surface area contributed by atoms with Crippen LogP contribution in [0.15, 0.2) is 40.9 Å². The van der Waals surface area contributed by atoms with Crippen LogP contribution in [0.3, 0.4) is 0 Å². The monoisotopic (exact) mass is 350 g/mol. The Balaban J connectivity index is 2.12. The van der Waals surface area contributed by atoms with Gasteiger partial charge in [-0.25, -0.2) is 4.39 Å². The van der Waals surface area contributed by atoms with Gasteiger partial charge in [-0.3, -0.25) is 11.3 Å². The molecule has 3 N–H and O–H groups in total. The topological polar surface area (TPSA) is 38.0 Å². The molecule has 21 heavy (non-hydrogen) atoms.